The fourth-order valence-corrected chi connectivity index (χ4v) is 4.71. The Kier molecular flexibility index (Phi) is 3.91. The quantitative estimate of drug-likeness (QED) is 0.514. The summed E-state index contributed by atoms with van der Waals surface area (Å²) in [5, 5.41) is 1.68. The molecule has 2 bridgehead atoms. The van der Waals surface area contributed by atoms with Crippen molar-refractivity contribution >= 4 is 28.8 Å². The van der Waals surface area contributed by atoms with Gasteiger partial charge in [-0.3, -0.25) is 24.8 Å². The minimum absolute atomic E-state index is 0.363. The van der Waals surface area contributed by atoms with Gasteiger partial charge < -0.3 is 0 Å². The van der Waals surface area contributed by atoms with Gasteiger partial charge in [-0.05, 0) is 42.5 Å². The van der Waals surface area contributed by atoms with Gasteiger partial charge in [-0.1, -0.05) is 50.2 Å². The zero-order valence-electron chi connectivity index (χ0n) is 15.4. The number of amides is 1. The van der Waals surface area contributed by atoms with Crippen LogP contribution in [0.1, 0.15) is 26.7 Å². The van der Waals surface area contributed by atoms with Gasteiger partial charge >= 0.3 is 0 Å². The number of benzene rings is 2. The van der Waals surface area contributed by atoms with Gasteiger partial charge in [0.05, 0.1) is 11.4 Å². The number of hydrogen-bond donors (Lipinski definition) is 1. The maximum atomic E-state index is 13.4. The second-order valence-corrected chi connectivity index (χ2v) is 7.86. The van der Waals surface area contributed by atoms with Crippen molar-refractivity contribution in [3.05, 3.63) is 60.7 Å². The Labute approximate surface area is 158 Å². The number of fused-ring (bicyclic) bond motifs is 2. The summed E-state index contributed by atoms with van der Waals surface area (Å²) in [7, 11) is 0. The summed E-state index contributed by atoms with van der Waals surface area (Å²) in [6.45, 7) is 3.73. The van der Waals surface area contributed by atoms with E-state index in [-0.39, 0.29) is 5.92 Å². The van der Waals surface area contributed by atoms with Crippen molar-refractivity contribution in [2.24, 2.45) is 16.7 Å². The first-order valence-electron chi connectivity index (χ1n) is 9.19. The molecule has 4 rings (SSSR count). The van der Waals surface area contributed by atoms with Gasteiger partial charge in [-0.15, -0.1) is 0 Å². The summed E-state index contributed by atoms with van der Waals surface area (Å²) in [5.74, 6) is -1.70. The molecule has 0 heterocycles. The Hall–Kier alpha value is -2.95. The van der Waals surface area contributed by atoms with Gasteiger partial charge in [0.15, 0.2) is 0 Å². The van der Waals surface area contributed by atoms with Crippen LogP contribution in [0, 0.1) is 16.7 Å². The normalized spacial score (nSPS) is 25.5. The van der Waals surface area contributed by atoms with E-state index in [1.165, 1.54) is 0 Å². The van der Waals surface area contributed by atoms with Gasteiger partial charge in [-0.2, -0.15) is 0 Å². The molecule has 2 aliphatic rings. The molecule has 1 N–H and O–H groups in total. The number of carbonyl (C=O) groups excluding carboxylic acids is 3. The number of anilines is 2. The number of nitrogens with zero attached hydrogens (tertiary/aromatic N) is 1. The van der Waals surface area contributed by atoms with Crippen molar-refractivity contribution in [3.63, 3.8) is 0 Å². The fraction of sp³-hybridized carbons (Fsp3) is 0.318. The van der Waals surface area contributed by atoms with Crippen LogP contribution >= 0.6 is 0 Å². The SMILES string of the molecule is CC1(C)C2CCC1(C(=O)NN(c1ccccc1)c1ccccc1)C(=O)C2=O. The smallest absolute Gasteiger partial charge is 0.253 e. The second kappa shape index (κ2) is 6.05. The van der Waals surface area contributed by atoms with Crippen LogP contribution in [0.2, 0.25) is 0 Å². The van der Waals surface area contributed by atoms with Crippen LogP contribution in [-0.2, 0) is 14.4 Å². The van der Waals surface area contributed by atoms with E-state index in [0.717, 1.165) is 11.4 Å². The van der Waals surface area contributed by atoms with Crippen molar-refractivity contribution in [1.82, 2.24) is 5.43 Å². The first-order chi connectivity index (χ1) is 12.9. The van der Waals surface area contributed by atoms with Crippen molar-refractivity contribution in [2.45, 2.75) is 26.7 Å². The summed E-state index contributed by atoms with van der Waals surface area (Å²) in [6.07, 6.45) is 1.00. The predicted molar refractivity (Wildman–Crippen MR) is 102 cm³/mol. The van der Waals surface area contributed by atoms with Crippen LogP contribution in [0.3, 0.4) is 0 Å². The molecule has 5 heteroatoms. The van der Waals surface area contributed by atoms with Gasteiger partial charge in [-0.25, -0.2) is 0 Å². The third-order valence-electron chi connectivity index (χ3n) is 6.34. The lowest BCUT2D eigenvalue weighted by atomic mass is 9.68. The van der Waals surface area contributed by atoms with Crippen LogP contribution in [-0.4, -0.2) is 17.5 Å². The molecule has 0 spiro atoms. The lowest BCUT2D eigenvalue weighted by molar-refractivity contribution is -0.149. The first kappa shape index (κ1) is 17.5. The van der Waals surface area contributed by atoms with E-state index in [9.17, 15) is 14.4 Å². The standard InChI is InChI=1S/C22H22N2O3/c1-21(2)17-13-14-22(21,19(26)18(17)25)20(27)23-24(15-9-5-3-6-10-15)16-11-7-4-8-12-16/h3-12,17H,13-14H2,1-2H3,(H,23,27). The Balaban J connectivity index is 1.73. The van der Waals surface area contributed by atoms with Crippen molar-refractivity contribution in [3.8, 4) is 0 Å². The van der Waals surface area contributed by atoms with E-state index in [2.05, 4.69) is 5.43 Å². The fourth-order valence-electron chi connectivity index (χ4n) is 4.71. The molecule has 2 aliphatic carbocycles. The molecule has 138 valence electrons. The molecule has 2 aromatic carbocycles. The lowest BCUT2D eigenvalue weighted by Gasteiger charge is -2.36. The molecule has 0 radical (unpaired) electrons. The van der Waals surface area contributed by atoms with Crippen molar-refractivity contribution in [1.29, 1.82) is 0 Å². The number of Topliss-reactive ketones (excluding diaryl/α,β-unsaturated/α-hetero) is 2. The summed E-state index contributed by atoms with van der Waals surface area (Å²) >= 11 is 0. The Bertz CT molecular complexity index is 868. The Morgan fingerprint density at radius 2 is 1.48 bits per heavy atom. The van der Waals surface area contributed by atoms with Crippen molar-refractivity contribution in [2.75, 3.05) is 5.01 Å². The molecule has 2 fully saturated rings. The highest BCUT2D eigenvalue weighted by molar-refractivity contribution is 6.47. The number of para-hydroxylation sites is 2. The molecular formula is C22H22N2O3. The number of hydrogen-bond acceptors (Lipinski definition) is 4. The van der Waals surface area contributed by atoms with Gasteiger partial charge in [0, 0.05) is 5.92 Å². The van der Waals surface area contributed by atoms with Crippen LogP contribution in [0.15, 0.2) is 60.7 Å². The largest absolute Gasteiger partial charge is 0.291 e. The number of rotatable bonds is 4. The highest BCUT2D eigenvalue weighted by atomic mass is 16.2. The minimum Gasteiger partial charge on any atom is -0.291 e. The maximum absolute atomic E-state index is 13.4. The van der Waals surface area contributed by atoms with Gasteiger partial charge in [0.2, 0.25) is 11.6 Å². The summed E-state index contributed by atoms with van der Waals surface area (Å²) < 4.78 is 0. The monoisotopic (exact) mass is 362 g/mol. The average molecular weight is 362 g/mol. The molecule has 0 aromatic heterocycles. The van der Waals surface area contributed by atoms with Gasteiger partial charge in [0.1, 0.15) is 5.41 Å². The molecule has 27 heavy (non-hydrogen) atoms. The predicted octanol–water partition coefficient (Wildman–Crippen LogP) is 3.43. The summed E-state index contributed by atoms with van der Waals surface area (Å²) in [4.78, 5) is 38.6. The maximum Gasteiger partial charge on any atom is 0.253 e. The highest BCUT2D eigenvalue weighted by Crippen LogP contribution is 2.62. The molecule has 2 saturated carbocycles. The van der Waals surface area contributed by atoms with E-state index in [1.807, 2.05) is 74.5 Å². The molecule has 2 atom stereocenters. The van der Waals surface area contributed by atoms with E-state index in [1.54, 1.807) is 5.01 Å². The zero-order valence-corrected chi connectivity index (χ0v) is 15.4. The van der Waals surface area contributed by atoms with Gasteiger partial charge in [0.25, 0.3) is 5.91 Å². The highest BCUT2D eigenvalue weighted by Gasteiger charge is 2.72. The molecule has 0 aliphatic heterocycles. The summed E-state index contributed by atoms with van der Waals surface area (Å²) in [6, 6.07) is 18.9. The lowest BCUT2D eigenvalue weighted by Crippen LogP contribution is -2.54. The average Bonchev–Trinajstić information content (AvgIpc) is 3.04. The molecule has 2 unspecified atom stereocenters. The molecular weight excluding hydrogens is 340 g/mol. The second-order valence-electron chi connectivity index (χ2n) is 7.86. The molecule has 5 nitrogen and oxygen atoms in total. The zero-order chi connectivity index (χ0) is 19.2. The number of hydrazine groups is 1. The minimum atomic E-state index is -1.30. The van der Waals surface area contributed by atoms with Crippen LogP contribution < -0.4 is 10.4 Å². The summed E-state index contributed by atoms with van der Waals surface area (Å²) in [5.41, 5.74) is 2.52. The molecule has 2 aromatic rings. The van der Waals surface area contributed by atoms with Crippen LogP contribution in [0.4, 0.5) is 11.4 Å². The van der Waals surface area contributed by atoms with E-state index in [0.29, 0.717) is 12.8 Å². The third kappa shape index (κ3) is 2.34. The van der Waals surface area contributed by atoms with Crippen LogP contribution in [0.25, 0.3) is 0 Å². The third-order valence-corrected chi connectivity index (χ3v) is 6.34. The van der Waals surface area contributed by atoms with E-state index < -0.39 is 28.3 Å². The molecule has 1 amide bonds. The number of carbonyl (C=O) groups is 3. The topological polar surface area (TPSA) is 66.5 Å². The van der Waals surface area contributed by atoms with E-state index in [4.69, 9.17) is 0 Å². The number of ketones is 2. The van der Waals surface area contributed by atoms with E-state index >= 15 is 0 Å². The first-order valence-corrected chi connectivity index (χ1v) is 9.19. The van der Waals surface area contributed by atoms with Crippen LogP contribution in [0.5, 0.6) is 0 Å². The Morgan fingerprint density at radius 3 is 1.93 bits per heavy atom. The number of nitrogens with one attached hydrogen (secondary N) is 1. The Morgan fingerprint density at radius 1 is 0.963 bits per heavy atom. The van der Waals surface area contributed by atoms with Crippen molar-refractivity contribution < 1.29 is 14.4 Å². The molecule has 0 saturated heterocycles.